The Morgan fingerprint density at radius 2 is 2.00 bits per heavy atom. The molecule has 6 heteroatoms. The molecule has 0 bridgehead atoms. The normalized spacial score (nSPS) is 10.8. The van der Waals surface area contributed by atoms with Crippen molar-refractivity contribution in [1.82, 2.24) is 10.1 Å². The molecule has 1 aromatic heterocycles. The van der Waals surface area contributed by atoms with Crippen LogP contribution in [-0.2, 0) is 0 Å². The summed E-state index contributed by atoms with van der Waals surface area (Å²) in [4.78, 5) is 4.29. The first-order valence-corrected chi connectivity index (χ1v) is 6.99. The lowest BCUT2D eigenvalue weighted by Crippen LogP contribution is -1.88. The molecule has 0 saturated carbocycles. The zero-order chi connectivity index (χ0) is 15.0. The molecule has 0 atom stereocenters. The molecule has 0 aliphatic carbocycles. The third-order valence-electron chi connectivity index (χ3n) is 3.08. The predicted molar refractivity (Wildman–Crippen MR) is 82.0 cm³/mol. The highest BCUT2D eigenvalue weighted by Gasteiger charge is 2.14. The molecule has 0 saturated heterocycles. The van der Waals surface area contributed by atoms with Gasteiger partial charge in [-0.15, -0.1) is 0 Å². The molecule has 0 spiro atoms. The van der Waals surface area contributed by atoms with Crippen LogP contribution in [0.4, 0.5) is 10.1 Å². The van der Waals surface area contributed by atoms with E-state index in [1.165, 1.54) is 6.07 Å². The van der Waals surface area contributed by atoms with Crippen LogP contribution in [0.15, 0.2) is 45.4 Å². The first-order valence-electron chi connectivity index (χ1n) is 6.20. The number of benzene rings is 2. The second-order valence-electron chi connectivity index (χ2n) is 4.63. The highest BCUT2D eigenvalue weighted by Crippen LogP contribution is 2.30. The van der Waals surface area contributed by atoms with E-state index in [-0.39, 0.29) is 5.82 Å². The standard InChI is InChI=1S/C15H11BrFN3O/c1-8-2-3-9(6-13(8)17)14-19-15(21-20-14)11-7-10(18)4-5-12(11)16/h2-7H,18H2,1H3. The monoisotopic (exact) mass is 347 g/mol. The third kappa shape index (κ3) is 2.67. The summed E-state index contributed by atoms with van der Waals surface area (Å²) in [5.74, 6) is 0.354. The Balaban J connectivity index is 2.03. The van der Waals surface area contributed by atoms with Crippen molar-refractivity contribution in [1.29, 1.82) is 0 Å². The van der Waals surface area contributed by atoms with Crippen molar-refractivity contribution in [3.8, 4) is 22.8 Å². The van der Waals surface area contributed by atoms with Gasteiger partial charge in [-0.1, -0.05) is 17.3 Å². The van der Waals surface area contributed by atoms with Gasteiger partial charge in [0, 0.05) is 15.7 Å². The van der Waals surface area contributed by atoms with Crippen molar-refractivity contribution in [2.75, 3.05) is 5.73 Å². The van der Waals surface area contributed by atoms with Gasteiger partial charge in [0.1, 0.15) is 5.82 Å². The molecule has 3 aromatic rings. The topological polar surface area (TPSA) is 64.9 Å². The van der Waals surface area contributed by atoms with Crippen LogP contribution in [-0.4, -0.2) is 10.1 Å². The first-order chi connectivity index (χ1) is 10.0. The molecular formula is C15H11BrFN3O. The number of hydrogen-bond acceptors (Lipinski definition) is 4. The van der Waals surface area contributed by atoms with Crippen LogP contribution in [0.25, 0.3) is 22.8 Å². The van der Waals surface area contributed by atoms with E-state index in [1.54, 1.807) is 37.3 Å². The Morgan fingerprint density at radius 1 is 1.19 bits per heavy atom. The van der Waals surface area contributed by atoms with Crippen LogP contribution in [0, 0.1) is 12.7 Å². The summed E-state index contributed by atoms with van der Waals surface area (Å²) in [5, 5.41) is 3.89. The molecule has 4 nitrogen and oxygen atoms in total. The van der Waals surface area contributed by atoms with Crippen molar-refractivity contribution >= 4 is 21.6 Å². The van der Waals surface area contributed by atoms with E-state index in [2.05, 4.69) is 26.1 Å². The van der Waals surface area contributed by atoms with Crippen molar-refractivity contribution in [2.24, 2.45) is 0 Å². The Kier molecular flexibility index (Phi) is 3.47. The zero-order valence-corrected chi connectivity index (χ0v) is 12.7. The third-order valence-corrected chi connectivity index (χ3v) is 3.77. The molecule has 3 rings (SSSR count). The largest absolute Gasteiger partial charge is 0.399 e. The fourth-order valence-electron chi connectivity index (χ4n) is 1.89. The molecule has 106 valence electrons. The van der Waals surface area contributed by atoms with Crippen LogP contribution >= 0.6 is 15.9 Å². The molecule has 2 aromatic carbocycles. The van der Waals surface area contributed by atoms with Crippen LogP contribution < -0.4 is 5.73 Å². The average molecular weight is 348 g/mol. The van der Waals surface area contributed by atoms with Crippen LogP contribution in [0.2, 0.25) is 0 Å². The molecule has 2 N–H and O–H groups in total. The van der Waals surface area contributed by atoms with E-state index in [9.17, 15) is 4.39 Å². The van der Waals surface area contributed by atoms with Gasteiger partial charge in [-0.3, -0.25) is 0 Å². The van der Waals surface area contributed by atoms with Gasteiger partial charge in [-0.05, 0) is 52.7 Å². The molecular weight excluding hydrogens is 337 g/mol. The highest BCUT2D eigenvalue weighted by atomic mass is 79.9. The van der Waals surface area contributed by atoms with Crippen LogP contribution in [0.5, 0.6) is 0 Å². The molecule has 0 unspecified atom stereocenters. The smallest absolute Gasteiger partial charge is 0.259 e. The quantitative estimate of drug-likeness (QED) is 0.705. The molecule has 21 heavy (non-hydrogen) atoms. The Bertz CT molecular complexity index is 816. The summed E-state index contributed by atoms with van der Waals surface area (Å²) in [7, 11) is 0. The number of aromatic nitrogens is 2. The molecule has 0 aliphatic rings. The van der Waals surface area contributed by atoms with Crippen molar-refractivity contribution in [2.45, 2.75) is 6.92 Å². The Morgan fingerprint density at radius 3 is 2.76 bits per heavy atom. The summed E-state index contributed by atoms with van der Waals surface area (Å²) < 4.78 is 19.6. The molecule has 0 amide bonds. The fourth-order valence-corrected chi connectivity index (χ4v) is 2.31. The number of halogens is 2. The first kappa shape index (κ1) is 13.8. The van der Waals surface area contributed by atoms with Crippen molar-refractivity contribution in [3.63, 3.8) is 0 Å². The second-order valence-corrected chi connectivity index (χ2v) is 5.48. The van der Waals surface area contributed by atoms with Gasteiger partial charge in [0.2, 0.25) is 5.82 Å². The lowest BCUT2D eigenvalue weighted by atomic mass is 10.1. The van der Waals surface area contributed by atoms with Gasteiger partial charge in [-0.25, -0.2) is 4.39 Å². The number of rotatable bonds is 2. The van der Waals surface area contributed by atoms with E-state index < -0.39 is 0 Å². The van der Waals surface area contributed by atoms with Crippen LogP contribution in [0.1, 0.15) is 5.56 Å². The minimum Gasteiger partial charge on any atom is -0.399 e. The Labute approximate surface area is 128 Å². The van der Waals surface area contributed by atoms with Gasteiger partial charge >= 0.3 is 0 Å². The summed E-state index contributed by atoms with van der Waals surface area (Å²) in [6.07, 6.45) is 0. The molecule has 0 aliphatic heterocycles. The minimum absolute atomic E-state index is 0.302. The van der Waals surface area contributed by atoms with Crippen molar-refractivity contribution < 1.29 is 8.91 Å². The molecule has 0 radical (unpaired) electrons. The predicted octanol–water partition coefficient (Wildman–Crippen LogP) is 4.20. The maximum atomic E-state index is 13.6. The SMILES string of the molecule is Cc1ccc(-c2noc(-c3cc(N)ccc3Br)n2)cc1F. The number of aryl methyl sites for hydroxylation is 1. The summed E-state index contributed by atoms with van der Waals surface area (Å²) in [5.41, 5.74) is 8.18. The van der Waals surface area contributed by atoms with Gasteiger partial charge in [0.15, 0.2) is 0 Å². The summed E-state index contributed by atoms with van der Waals surface area (Å²) in [6, 6.07) is 10.1. The van der Waals surface area contributed by atoms with Crippen molar-refractivity contribution in [3.05, 3.63) is 52.3 Å². The minimum atomic E-state index is -0.302. The lowest BCUT2D eigenvalue weighted by molar-refractivity contribution is 0.432. The summed E-state index contributed by atoms with van der Waals surface area (Å²) in [6.45, 7) is 1.70. The lowest BCUT2D eigenvalue weighted by Gasteiger charge is -2.00. The number of nitrogens with two attached hydrogens (primary N) is 1. The Hall–Kier alpha value is -2.21. The van der Waals surface area contributed by atoms with Crippen LogP contribution in [0.3, 0.4) is 0 Å². The maximum absolute atomic E-state index is 13.6. The number of nitrogen functional groups attached to an aromatic ring is 1. The van der Waals surface area contributed by atoms with Gasteiger partial charge in [0.25, 0.3) is 5.89 Å². The van der Waals surface area contributed by atoms with Gasteiger partial charge < -0.3 is 10.3 Å². The van der Waals surface area contributed by atoms with E-state index in [0.29, 0.717) is 34.1 Å². The number of anilines is 1. The van der Waals surface area contributed by atoms with Gasteiger partial charge in [-0.2, -0.15) is 4.98 Å². The van der Waals surface area contributed by atoms with E-state index >= 15 is 0 Å². The van der Waals surface area contributed by atoms with E-state index in [4.69, 9.17) is 10.3 Å². The maximum Gasteiger partial charge on any atom is 0.259 e. The second kappa shape index (κ2) is 5.29. The summed E-state index contributed by atoms with van der Waals surface area (Å²) >= 11 is 3.41. The van der Waals surface area contributed by atoms with Gasteiger partial charge in [0.05, 0.1) is 5.56 Å². The van der Waals surface area contributed by atoms with E-state index in [1.807, 2.05) is 0 Å². The fraction of sp³-hybridized carbons (Fsp3) is 0.0667. The average Bonchev–Trinajstić information content (AvgIpc) is 2.94. The number of hydrogen-bond donors (Lipinski definition) is 1. The number of nitrogens with zero attached hydrogens (tertiary/aromatic N) is 2. The molecule has 1 heterocycles. The highest BCUT2D eigenvalue weighted by molar-refractivity contribution is 9.10. The zero-order valence-electron chi connectivity index (χ0n) is 11.1. The molecule has 0 fully saturated rings. The van der Waals surface area contributed by atoms with E-state index in [0.717, 1.165) is 4.47 Å².